The number of hydrogen-bond acceptors (Lipinski definition) is 6. The SMILES string of the molecule is C[C@@H](OC(=O)CNC(=O)c1ccco1)C(=O)Nc1ccc(C(N)=O)cc1. The number of nitrogens with two attached hydrogens (primary N) is 1. The number of amides is 3. The van der Waals surface area contributed by atoms with Gasteiger partial charge in [0.2, 0.25) is 5.91 Å². The Balaban J connectivity index is 1.79. The molecule has 3 amide bonds. The van der Waals surface area contributed by atoms with Crippen molar-refractivity contribution in [3.63, 3.8) is 0 Å². The van der Waals surface area contributed by atoms with Crippen LogP contribution in [0.15, 0.2) is 47.1 Å². The van der Waals surface area contributed by atoms with Gasteiger partial charge in [-0.25, -0.2) is 0 Å². The topological polar surface area (TPSA) is 141 Å². The van der Waals surface area contributed by atoms with E-state index in [0.29, 0.717) is 11.3 Å². The molecule has 2 rings (SSSR count). The monoisotopic (exact) mass is 359 g/mol. The van der Waals surface area contributed by atoms with Crippen LogP contribution in [0.25, 0.3) is 0 Å². The molecule has 0 radical (unpaired) electrons. The summed E-state index contributed by atoms with van der Waals surface area (Å²) in [6.45, 7) is 0.976. The molecule has 0 unspecified atom stereocenters. The van der Waals surface area contributed by atoms with Crippen LogP contribution in [0.1, 0.15) is 27.8 Å². The second-order valence-corrected chi connectivity index (χ2v) is 5.22. The summed E-state index contributed by atoms with van der Waals surface area (Å²) >= 11 is 0. The number of primary amides is 1. The van der Waals surface area contributed by atoms with Crippen molar-refractivity contribution in [3.8, 4) is 0 Å². The van der Waals surface area contributed by atoms with Gasteiger partial charge in [0.05, 0.1) is 6.26 Å². The largest absolute Gasteiger partial charge is 0.459 e. The molecule has 0 aliphatic carbocycles. The van der Waals surface area contributed by atoms with E-state index >= 15 is 0 Å². The second-order valence-electron chi connectivity index (χ2n) is 5.22. The molecular weight excluding hydrogens is 342 g/mol. The van der Waals surface area contributed by atoms with Gasteiger partial charge in [-0.15, -0.1) is 0 Å². The third-order valence-electron chi connectivity index (χ3n) is 3.25. The fourth-order valence-electron chi connectivity index (χ4n) is 1.90. The Morgan fingerprint density at radius 3 is 2.42 bits per heavy atom. The molecule has 0 fully saturated rings. The van der Waals surface area contributed by atoms with Gasteiger partial charge in [0.1, 0.15) is 6.54 Å². The van der Waals surface area contributed by atoms with Gasteiger partial charge in [0.15, 0.2) is 11.9 Å². The van der Waals surface area contributed by atoms with E-state index in [1.165, 1.54) is 49.6 Å². The highest BCUT2D eigenvalue weighted by molar-refractivity contribution is 5.97. The van der Waals surface area contributed by atoms with Crippen LogP contribution in [-0.2, 0) is 14.3 Å². The van der Waals surface area contributed by atoms with Crippen molar-refractivity contribution >= 4 is 29.4 Å². The van der Waals surface area contributed by atoms with Crippen molar-refractivity contribution in [3.05, 3.63) is 54.0 Å². The van der Waals surface area contributed by atoms with E-state index in [9.17, 15) is 19.2 Å². The highest BCUT2D eigenvalue weighted by Crippen LogP contribution is 2.10. The van der Waals surface area contributed by atoms with Crippen LogP contribution < -0.4 is 16.4 Å². The zero-order valence-corrected chi connectivity index (χ0v) is 13.9. The fraction of sp³-hybridized carbons (Fsp3) is 0.176. The summed E-state index contributed by atoms with van der Waals surface area (Å²) in [4.78, 5) is 46.3. The maximum absolute atomic E-state index is 12.0. The third kappa shape index (κ3) is 5.20. The summed E-state index contributed by atoms with van der Waals surface area (Å²) in [6.07, 6.45) is 0.245. The number of esters is 1. The van der Waals surface area contributed by atoms with Gasteiger partial charge in [-0.05, 0) is 43.3 Å². The van der Waals surface area contributed by atoms with Gasteiger partial charge >= 0.3 is 5.97 Å². The molecule has 9 nitrogen and oxygen atoms in total. The number of hydrogen-bond donors (Lipinski definition) is 3. The van der Waals surface area contributed by atoms with E-state index in [0.717, 1.165) is 0 Å². The lowest BCUT2D eigenvalue weighted by molar-refractivity contribution is -0.152. The van der Waals surface area contributed by atoms with Crippen molar-refractivity contribution in [1.29, 1.82) is 0 Å². The summed E-state index contributed by atoms with van der Waals surface area (Å²) < 4.78 is 9.82. The molecule has 1 heterocycles. The average Bonchev–Trinajstić information content (AvgIpc) is 3.14. The van der Waals surface area contributed by atoms with Crippen LogP contribution in [-0.4, -0.2) is 36.3 Å². The summed E-state index contributed by atoms with van der Waals surface area (Å²) in [7, 11) is 0. The number of furan rings is 1. The van der Waals surface area contributed by atoms with E-state index in [2.05, 4.69) is 10.6 Å². The number of anilines is 1. The highest BCUT2D eigenvalue weighted by Gasteiger charge is 2.19. The molecule has 2 aromatic rings. The molecule has 4 N–H and O–H groups in total. The minimum Gasteiger partial charge on any atom is -0.459 e. The molecule has 1 aromatic carbocycles. The van der Waals surface area contributed by atoms with Crippen molar-refractivity contribution in [2.75, 3.05) is 11.9 Å². The molecule has 1 atom stereocenters. The van der Waals surface area contributed by atoms with Crippen molar-refractivity contribution in [1.82, 2.24) is 5.32 Å². The average molecular weight is 359 g/mol. The van der Waals surface area contributed by atoms with E-state index in [1.54, 1.807) is 0 Å². The second kappa shape index (κ2) is 8.47. The Hall–Kier alpha value is -3.62. The van der Waals surface area contributed by atoms with Crippen molar-refractivity contribution in [2.24, 2.45) is 5.73 Å². The van der Waals surface area contributed by atoms with E-state index < -0.39 is 36.3 Å². The molecule has 0 bridgehead atoms. The predicted molar refractivity (Wildman–Crippen MR) is 90.2 cm³/mol. The minimum atomic E-state index is -1.08. The lowest BCUT2D eigenvalue weighted by Crippen LogP contribution is -2.35. The summed E-state index contributed by atoms with van der Waals surface area (Å²) in [5, 5.41) is 4.84. The number of ether oxygens (including phenoxy) is 1. The molecule has 9 heteroatoms. The van der Waals surface area contributed by atoms with Gasteiger partial charge in [-0.1, -0.05) is 0 Å². The Morgan fingerprint density at radius 2 is 1.85 bits per heavy atom. The van der Waals surface area contributed by atoms with Gasteiger partial charge in [-0.3, -0.25) is 19.2 Å². The molecule has 0 aliphatic heterocycles. The van der Waals surface area contributed by atoms with Crippen LogP contribution in [0.2, 0.25) is 0 Å². The van der Waals surface area contributed by atoms with Crippen molar-refractivity contribution < 1.29 is 28.3 Å². The normalized spacial score (nSPS) is 11.3. The molecule has 0 saturated heterocycles. The predicted octanol–water partition coefficient (Wildman–Crippen LogP) is 0.679. The number of rotatable bonds is 7. The van der Waals surface area contributed by atoms with Gasteiger partial charge in [0, 0.05) is 11.3 Å². The van der Waals surface area contributed by atoms with Crippen molar-refractivity contribution in [2.45, 2.75) is 13.0 Å². The quantitative estimate of drug-likeness (QED) is 0.621. The molecule has 26 heavy (non-hydrogen) atoms. The van der Waals surface area contributed by atoms with Crippen LogP contribution in [0.5, 0.6) is 0 Å². The maximum Gasteiger partial charge on any atom is 0.326 e. The van der Waals surface area contributed by atoms with Crippen LogP contribution >= 0.6 is 0 Å². The minimum absolute atomic E-state index is 0.0583. The molecule has 0 saturated carbocycles. The van der Waals surface area contributed by atoms with Gasteiger partial charge in [-0.2, -0.15) is 0 Å². The number of carbonyl (C=O) groups excluding carboxylic acids is 4. The maximum atomic E-state index is 12.0. The van der Waals surface area contributed by atoms with Gasteiger partial charge in [0.25, 0.3) is 11.8 Å². The Kier molecular flexibility index (Phi) is 6.10. The van der Waals surface area contributed by atoms with Crippen LogP contribution in [0.4, 0.5) is 5.69 Å². The van der Waals surface area contributed by atoms with Crippen LogP contribution in [0, 0.1) is 0 Å². The lowest BCUT2D eigenvalue weighted by Gasteiger charge is -2.14. The Labute approximate surface area is 148 Å². The smallest absolute Gasteiger partial charge is 0.326 e. The highest BCUT2D eigenvalue weighted by atomic mass is 16.5. The lowest BCUT2D eigenvalue weighted by atomic mass is 10.2. The van der Waals surface area contributed by atoms with Gasteiger partial charge < -0.3 is 25.5 Å². The third-order valence-corrected chi connectivity index (χ3v) is 3.25. The van der Waals surface area contributed by atoms with E-state index in [1.807, 2.05) is 0 Å². The molecule has 1 aromatic heterocycles. The zero-order valence-electron chi connectivity index (χ0n) is 13.9. The molecular formula is C17H17N3O6. The Bertz CT molecular complexity index is 798. The first-order chi connectivity index (χ1) is 12.4. The zero-order chi connectivity index (χ0) is 19.1. The fourth-order valence-corrected chi connectivity index (χ4v) is 1.90. The number of nitrogens with one attached hydrogen (secondary N) is 2. The summed E-state index contributed by atoms with van der Waals surface area (Å²) in [5.74, 6) is -2.44. The molecule has 0 aliphatic rings. The first kappa shape index (κ1) is 18.7. The standard InChI is InChI=1S/C17H17N3O6/c1-10(16(23)20-12-6-4-11(5-7-12)15(18)22)26-14(21)9-19-17(24)13-3-2-8-25-13/h2-8,10H,9H2,1H3,(H2,18,22)(H,19,24)(H,20,23)/t10-/m1/s1. The first-order valence-corrected chi connectivity index (χ1v) is 7.58. The number of benzene rings is 1. The van der Waals surface area contributed by atoms with Crippen LogP contribution in [0.3, 0.4) is 0 Å². The number of carbonyl (C=O) groups is 4. The van der Waals surface area contributed by atoms with E-state index in [-0.39, 0.29) is 5.76 Å². The Morgan fingerprint density at radius 1 is 1.15 bits per heavy atom. The summed E-state index contributed by atoms with van der Waals surface area (Å²) in [5.41, 5.74) is 5.84. The summed E-state index contributed by atoms with van der Waals surface area (Å²) in [6, 6.07) is 8.89. The van der Waals surface area contributed by atoms with E-state index in [4.69, 9.17) is 14.9 Å². The molecule has 0 spiro atoms. The first-order valence-electron chi connectivity index (χ1n) is 7.58. The molecule has 136 valence electrons.